The van der Waals surface area contributed by atoms with Gasteiger partial charge in [0.05, 0.1) is 19.8 Å². The van der Waals surface area contributed by atoms with Gasteiger partial charge in [0.25, 0.3) is 0 Å². The lowest BCUT2D eigenvalue weighted by Crippen LogP contribution is -2.57. The molecule has 0 aliphatic carbocycles. The molecule has 1 atom stereocenters. The number of nitrogens with zero attached hydrogens (tertiary/aromatic N) is 4. The number of amides is 2. The van der Waals surface area contributed by atoms with E-state index in [0.29, 0.717) is 18.9 Å². The molecule has 2 amide bonds. The molecule has 2 aromatic rings. The molecule has 0 spiro atoms. The van der Waals surface area contributed by atoms with Gasteiger partial charge < -0.3 is 15.4 Å². The third-order valence-electron chi connectivity index (χ3n) is 4.96. The van der Waals surface area contributed by atoms with Crippen molar-refractivity contribution in [3.8, 4) is 0 Å². The van der Waals surface area contributed by atoms with Crippen LogP contribution in [-0.4, -0.2) is 63.9 Å². The second-order valence-corrected chi connectivity index (χ2v) is 6.53. The van der Waals surface area contributed by atoms with Crippen LogP contribution in [0.25, 0.3) is 5.65 Å². The van der Waals surface area contributed by atoms with E-state index in [1.54, 1.807) is 0 Å². The van der Waals surface area contributed by atoms with Crippen LogP contribution >= 0.6 is 0 Å². The Morgan fingerprint density at radius 1 is 1.28 bits per heavy atom. The van der Waals surface area contributed by atoms with Crippen LogP contribution in [-0.2, 0) is 11.3 Å². The SMILES string of the molecule is CC[C@@](C)(CNC(=O)NCc1nnc2ccccn12)N1CCOCC1. The monoisotopic (exact) mass is 346 g/mol. The first-order valence-electron chi connectivity index (χ1n) is 8.75. The molecule has 1 aliphatic heterocycles. The third-order valence-corrected chi connectivity index (χ3v) is 4.96. The molecule has 1 fully saturated rings. The number of aromatic nitrogens is 3. The van der Waals surface area contributed by atoms with Gasteiger partial charge in [-0.3, -0.25) is 9.30 Å². The molecule has 25 heavy (non-hydrogen) atoms. The summed E-state index contributed by atoms with van der Waals surface area (Å²) in [5.74, 6) is 0.706. The van der Waals surface area contributed by atoms with Gasteiger partial charge in [-0.25, -0.2) is 4.79 Å². The number of fused-ring (bicyclic) bond motifs is 1. The second kappa shape index (κ2) is 7.79. The fourth-order valence-corrected chi connectivity index (χ4v) is 3.07. The van der Waals surface area contributed by atoms with Crippen LogP contribution in [0.15, 0.2) is 24.4 Å². The van der Waals surface area contributed by atoms with Crippen molar-refractivity contribution in [3.63, 3.8) is 0 Å². The Balaban J connectivity index is 1.51. The number of carbonyl (C=O) groups is 1. The van der Waals surface area contributed by atoms with Gasteiger partial charge in [-0.1, -0.05) is 13.0 Å². The molecular formula is C17H26N6O2. The van der Waals surface area contributed by atoms with Gasteiger partial charge in [-0.2, -0.15) is 0 Å². The topological polar surface area (TPSA) is 83.8 Å². The predicted octanol–water partition coefficient (Wildman–Crippen LogP) is 1.03. The predicted molar refractivity (Wildman–Crippen MR) is 94.3 cm³/mol. The van der Waals surface area contributed by atoms with Crippen LogP contribution in [0, 0.1) is 0 Å². The van der Waals surface area contributed by atoms with Crippen LogP contribution in [0.3, 0.4) is 0 Å². The maximum absolute atomic E-state index is 12.2. The molecule has 1 aliphatic rings. The molecule has 3 heterocycles. The number of carbonyl (C=O) groups excluding carboxylic acids is 1. The van der Waals surface area contributed by atoms with E-state index in [1.165, 1.54) is 0 Å². The highest BCUT2D eigenvalue weighted by atomic mass is 16.5. The second-order valence-electron chi connectivity index (χ2n) is 6.53. The number of pyridine rings is 1. The normalized spacial score (nSPS) is 18.0. The van der Waals surface area contributed by atoms with Crippen molar-refractivity contribution in [2.75, 3.05) is 32.8 Å². The molecule has 2 aromatic heterocycles. The molecule has 3 rings (SSSR count). The fraction of sp³-hybridized carbons (Fsp3) is 0.588. The Hall–Kier alpha value is -2.19. The van der Waals surface area contributed by atoms with Crippen LogP contribution in [0.1, 0.15) is 26.1 Å². The lowest BCUT2D eigenvalue weighted by molar-refractivity contribution is -0.0165. The number of urea groups is 1. The summed E-state index contributed by atoms with van der Waals surface area (Å²) in [4.78, 5) is 14.6. The Labute approximate surface area is 147 Å². The minimum absolute atomic E-state index is 0.0668. The van der Waals surface area contributed by atoms with Crippen molar-refractivity contribution in [2.24, 2.45) is 0 Å². The van der Waals surface area contributed by atoms with Gasteiger partial charge in [0.1, 0.15) is 0 Å². The fourth-order valence-electron chi connectivity index (χ4n) is 3.07. The average Bonchev–Trinajstić information content (AvgIpc) is 3.08. The zero-order chi connectivity index (χ0) is 17.7. The number of morpholine rings is 1. The summed E-state index contributed by atoms with van der Waals surface area (Å²) in [5.41, 5.74) is 0.702. The quantitative estimate of drug-likeness (QED) is 0.816. The summed E-state index contributed by atoms with van der Waals surface area (Å²) in [6, 6.07) is 5.51. The Bertz CT molecular complexity index is 712. The van der Waals surface area contributed by atoms with E-state index in [4.69, 9.17) is 4.74 Å². The van der Waals surface area contributed by atoms with E-state index in [0.717, 1.165) is 38.4 Å². The molecule has 0 aromatic carbocycles. The summed E-state index contributed by atoms with van der Waals surface area (Å²) in [6.07, 6.45) is 2.85. The first kappa shape index (κ1) is 17.6. The summed E-state index contributed by atoms with van der Waals surface area (Å²) in [7, 11) is 0. The zero-order valence-corrected chi connectivity index (χ0v) is 14.9. The van der Waals surface area contributed by atoms with E-state index in [1.807, 2.05) is 28.8 Å². The van der Waals surface area contributed by atoms with Crippen molar-refractivity contribution < 1.29 is 9.53 Å². The Morgan fingerprint density at radius 3 is 2.84 bits per heavy atom. The van der Waals surface area contributed by atoms with Crippen LogP contribution in [0.2, 0.25) is 0 Å². The van der Waals surface area contributed by atoms with E-state index in [9.17, 15) is 4.79 Å². The summed E-state index contributed by atoms with van der Waals surface area (Å²) < 4.78 is 7.29. The number of nitrogens with one attached hydrogen (secondary N) is 2. The smallest absolute Gasteiger partial charge is 0.315 e. The summed E-state index contributed by atoms with van der Waals surface area (Å²) >= 11 is 0. The standard InChI is InChI=1S/C17H26N6O2/c1-3-17(2,22-8-10-25-11-9-22)13-19-16(24)18-12-15-21-20-14-6-4-5-7-23(14)15/h4-7H,3,8-13H2,1-2H3,(H2,18,19,24)/t17-/m0/s1. The molecule has 0 radical (unpaired) electrons. The minimum Gasteiger partial charge on any atom is -0.379 e. The van der Waals surface area contributed by atoms with Crippen molar-refractivity contribution in [1.29, 1.82) is 0 Å². The van der Waals surface area contributed by atoms with Gasteiger partial charge >= 0.3 is 6.03 Å². The number of ether oxygens (including phenoxy) is 1. The molecule has 1 saturated heterocycles. The van der Waals surface area contributed by atoms with Crippen LogP contribution in [0.5, 0.6) is 0 Å². The van der Waals surface area contributed by atoms with Crippen molar-refractivity contribution >= 4 is 11.7 Å². The Morgan fingerprint density at radius 2 is 2.08 bits per heavy atom. The maximum Gasteiger partial charge on any atom is 0.315 e. The van der Waals surface area contributed by atoms with E-state index in [2.05, 4.69) is 39.6 Å². The third kappa shape index (κ3) is 4.08. The molecule has 0 bridgehead atoms. The molecular weight excluding hydrogens is 320 g/mol. The van der Waals surface area contributed by atoms with Gasteiger partial charge in [0.15, 0.2) is 11.5 Å². The van der Waals surface area contributed by atoms with Crippen LogP contribution in [0.4, 0.5) is 4.79 Å². The molecule has 0 saturated carbocycles. The van der Waals surface area contributed by atoms with Crippen molar-refractivity contribution in [3.05, 3.63) is 30.2 Å². The number of hydrogen-bond acceptors (Lipinski definition) is 5. The van der Waals surface area contributed by atoms with Crippen LogP contribution < -0.4 is 10.6 Å². The summed E-state index contributed by atoms with van der Waals surface area (Å²) in [5, 5.41) is 14.0. The molecule has 8 nitrogen and oxygen atoms in total. The van der Waals surface area contributed by atoms with Gasteiger partial charge in [-0.05, 0) is 25.5 Å². The largest absolute Gasteiger partial charge is 0.379 e. The lowest BCUT2D eigenvalue weighted by atomic mass is 9.95. The van der Waals surface area contributed by atoms with Gasteiger partial charge in [0, 0.05) is 31.4 Å². The molecule has 2 N–H and O–H groups in total. The maximum atomic E-state index is 12.2. The summed E-state index contributed by atoms with van der Waals surface area (Å²) in [6.45, 7) is 8.57. The van der Waals surface area contributed by atoms with Gasteiger partial charge in [-0.15, -0.1) is 10.2 Å². The number of rotatable bonds is 6. The van der Waals surface area contributed by atoms with E-state index < -0.39 is 0 Å². The van der Waals surface area contributed by atoms with Crippen molar-refractivity contribution in [1.82, 2.24) is 30.1 Å². The Kier molecular flexibility index (Phi) is 5.50. The highest BCUT2D eigenvalue weighted by Crippen LogP contribution is 2.19. The molecule has 8 heteroatoms. The average molecular weight is 346 g/mol. The lowest BCUT2D eigenvalue weighted by Gasteiger charge is -2.43. The zero-order valence-electron chi connectivity index (χ0n) is 14.9. The molecule has 0 unspecified atom stereocenters. The highest BCUT2D eigenvalue weighted by Gasteiger charge is 2.31. The van der Waals surface area contributed by atoms with Gasteiger partial charge in [0.2, 0.25) is 0 Å². The highest BCUT2D eigenvalue weighted by molar-refractivity contribution is 5.73. The van der Waals surface area contributed by atoms with E-state index in [-0.39, 0.29) is 11.6 Å². The first-order chi connectivity index (χ1) is 12.1. The number of hydrogen-bond donors (Lipinski definition) is 2. The van der Waals surface area contributed by atoms with Crippen molar-refractivity contribution in [2.45, 2.75) is 32.4 Å². The minimum atomic E-state index is -0.194. The molecule has 136 valence electrons. The van der Waals surface area contributed by atoms with E-state index >= 15 is 0 Å². The first-order valence-corrected chi connectivity index (χ1v) is 8.75.